The van der Waals surface area contributed by atoms with Crippen molar-refractivity contribution in [3.8, 4) is 5.75 Å². The van der Waals surface area contributed by atoms with Gasteiger partial charge in [0.15, 0.2) is 6.61 Å². The Hall–Kier alpha value is -3.01. The average Bonchev–Trinajstić information content (AvgIpc) is 2.53. The van der Waals surface area contributed by atoms with Gasteiger partial charge in [0.1, 0.15) is 5.75 Å². The minimum Gasteiger partial charge on any atom is -0.483 e. The van der Waals surface area contributed by atoms with E-state index < -0.39 is 0 Å². The van der Waals surface area contributed by atoms with Gasteiger partial charge in [-0.05, 0) is 29.7 Å². The van der Waals surface area contributed by atoms with Crippen molar-refractivity contribution in [1.29, 1.82) is 0 Å². The van der Waals surface area contributed by atoms with E-state index in [0.29, 0.717) is 17.1 Å². The molecule has 0 saturated heterocycles. The number of hydrogen-bond donors (Lipinski definition) is 2. The van der Waals surface area contributed by atoms with Crippen LogP contribution in [0, 0.1) is 0 Å². The summed E-state index contributed by atoms with van der Waals surface area (Å²) in [5.41, 5.74) is 6.94. The molecule has 0 aliphatic rings. The first-order valence-electron chi connectivity index (χ1n) is 6.98. The van der Waals surface area contributed by atoms with Gasteiger partial charge in [-0.25, -0.2) is 0 Å². The summed E-state index contributed by atoms with van der Waals surface area (Å²) in [5.74, 6) is 0.472. The lowest BCUT2D eigenvalue weighted by atomic mass is 10.1. The van der Waals surface area contributed by atoms with Crippen LogP contribution < -0.4 is 15.8 Å². The number of amides is 1. The Labute approximate surface area is 128 Å². The lowest BCUT2D eigenvalue weighted by molar-refractivity contribution is -0.118. The Bertz CT molecular complexity index is 810. The highest BCUT2D eigenvalue weighted by molar-refractivity contribution is 5.93. The molecule has 3 aromatic carbocycles. The van der Waals surface area contributed by atoms with Crippen LogP contribution in [-0.4, -0.2) is 12.5 Å². The van der Waals surface area contributed by atoms with Gasteiger partial charge in [-0.1, -0.05) is 42.5 Å². The number of anilines is 2. The number of nitrogens with one attached hydrogen (secondary N) is 1. The lowest BCUT2D eigenvalue weighted by Crippen LogP contribution is -2.20. The fourth-order valence-electron chi connectivity index (χ4n) is 2.28. The van der Waals surface area contributed by atoms with Crippen LogP contribution in [0.15, 0.2) is 66.7 Å². The number of benzene rings is 3. The SMILES string of the molecule is Nc1cccc(NC(=O)COc2cccc3ccccc23)c1. The van der Waals surface area contributed by atoms with E-state index in [1.165, 1.54) is 0 Å². The van der Waals surface area contributed by atoms with Crippen molar-refractivity contribution < 1.29 is 9.53 Å². The molecule has 4 heteroatoms. The van der Waals surface area contributed by atoms with Crippen LogP contribution in [0.5, 0.6) is 5.75 Å². The van der Waals surface area contributed by atoms with Crippen LogP contribution in [0.4, 0.5) is 11.4 Å². The number of nitrogens with two attached hydrogens (primary N) is 1. The summed E-state index contributed by atoms with van der Waals surface area (Å²) in [6.07, 6.45) is 0. The van der Waals surface area contributed by atoms with Crippen molar-refractivity contribution in [3.63, 3.8) is 0 Å². The van der Waals surface area contributed by atoms with E-state index in [2.05, 4.69) is 5.32 Å². The number of rotatable bonds is 4. The molecular formula is C18H16N2O2. The van der Waals surface area contributed by atoms with E-state index in [9.17, 15) is 4.79 Å². The van der Waals surface area contributed by atoms with Crippen molar-refractivity contribution >= 4 is 28.1 Å². The summed E-state index contributed by atoms with van der Waals surface area (Å²) in [7, 11) is 0. The third kappa shape index (κ3) is 3.17. The minimum atomic E-state index is -0.224. The van der Waals surface area contributed by atoms with Crippen molar-refractivity contribution in [2.45, 2.75) is 0 Å². The first kappa shape index (κ1) is 13.9. The summed E-state index contributed by atoms with van der Waals surface area (Å²) in [4.78, 5) is 12.0. The minimum absolute atomic E-state index is 0.0528. The second-order valence-corrected chi connectivity index (χ2v) is 4.94. The molecule has 4 nitrogen and oxygen atoms in total. The Morgan fingerprint density at radius 2 is 1.77 bits per heavy atom. The molecule has 0 fully saturated rings. The molecule has 0 radical (unpaired) electrons. The fourth-order valence-corrected chi connectivity index (χ4v) is 2.28. The summed E-state index contributed by atoms with van der Waals surface area (Å²) in [6, 6.07) is 20.7. The molecule has 0 aliphatic carbocycles. The summed E-state index contributed by atoms with van der Waals surface area (Å²) < 4.78 is 5.64. The summed E-state index contributed by atoms with van der Waals surface area (Å²) in [6.45, 7) is -0.0528. The summed E-state index contributed by atoms with van der Waals surface area (Å²) >= 11 is 0. The van der Waals surface area contributed by atoms with Gasteiger partial charge in [0.25, 0.3) is 5.91 Å². The predicted molar refractivity (Wildman–Crippen MR) is 88.9 cm³/mol. The predicted octanol–water partition coefficient (Wildman–Crippen LogP) is 3.44. The van der Waals surface area contributed by atoms with Crippen LogP contribution in [0.3, 0.4) is 0 Å². The van der Waals surface area contributed by atoms with Gasteiger partial charge in [0, 0.05) is 16.8 Å². The van der Waals surface area contributed by atoms with Crippen molar-refractivity contribution in [2.24, 2.45) is 0 Å². The summed E-state index contributed by atoms with van der Waals surface area (Å²) in [5, 5.41) is 4.82. The first-order valence-corrected chi connectivity index (χ1v) is 6.98. The van der Waals surface area contributed by atoms with E-state index in [1.807, 2.05) is 42.5 Å². The van der Waals surface area contributed by atoms with Crippen LogP contribution in [0.1, 0.15) is 0 Å². The highest BCUT2D eigenvalue weighted by atomic mass is 16.5. The molecule has 0 saturated carbocycles. The molecule has 0 atom stereocenters. The smallest absolute Gasteiger partial charge is 0.262 e. The Kier molecular flexibility index (Phi) is 3.92. The van der Waals surface area contributed by atoms with Crippen LogP contribution in [0.2, 0.25) is 0 Å². The van der Waals surface area contributed by atoms with Crippen molar-refractivity contribution in [3.05, 3.63) is 66.7 Å². The third-order valence-corrected chi connectivity index (χ3v) is 3.28. The normalized spacial score (nSPS) is 10.4. The maximum atomic E-state index is 12.0. The van der Waals surface area contributed by atoms with Crippen LogP contribution in [0.25, 0.3) is 10.8 Å². The first-order chi connectivity index (χ1) is 10.7. The Morgan fingerprint density at radius 3 is 2.64 bits per heavy atom. The molecule has 3 N–H and O–H groups in total. The van der Waals surface area contributed by atoms with Crippen LogP contribution >= 0.6 is 0 Å². The zero-order valence-electron chi connectivity index (χ0n) is 12.0. The monoisotopic (exact) mass is 292 g/mol. The standard InChI is InChI=1S/C18H16N2O2/c19-14-7-4-8-15(11-14)20-18(21)12-22-17-10-3-6-13-5-1-2-9-16(13)17/h1-11H,12,19H2,(H,20,21). The van der Waals surface area contributed by atoms with Gasteiger partial charge < -0.3 is 15.8 Å². The maximum Gasteiger partial charge on any atom is 0.262 e. The van der Waals surface area contributed by atoms with Gasteiger partial charge in [-0.2, -0.15) is 0 Å². The number of carbonyl (C=O) groups is 1. The quantitative estimate of drug-likeness (QED) is 0.724. The van der Waals surface area contributed by atoms with E-state index in [0.717, 1.165) is 10.8 Å². The third-order valence-electron chi connectivity index (χ3n) is 3.28. The van der Waals surface area contributed by atoms with Crippen LogP contribution in [-0.2, 0) is 4.79 Å². The molecule has 0 unspecified atom stereocenters. The number of nitrogen functional groups attached to an aromatic ring is 1. The highest BCUT2D eigenvalue weighted by Crippen LogP contribution is 2.25. The van der Waals surface area contributed by atoms with Gasteiger partial charge in [0.2, 0.25) is 0 Å². The van der Waals surface area contributed by atoms with Gasteiger partial charge in [-0.15, -0.1) is 0 Å². The average molecular weight is 292 g/mol. The van der Waals surface area contributed by atoms with Gasteiger partial charge in [0.05, 0.1) is 0 Å². The Balaban J connectivity index is 1.68. The molecule has 3 aromatic rings. The molecule has 110 valence electrons. The fraction of sp³-hybridized carbons (Fsp3) is 0.0556. The number of hydrogen-bond acceptors (Lipinski definition) is 3. The Morgan fingerprint density at radius 1 is 1.00 bits per heavy atom. The van der Waals surface area contributed by atoms with Crippen molar-refractivity contribution in [1.82, 2.24) is 0 Å². The van der Waals surface area contributed by atoms with Gasteiger partial charge in [-0.3, -0.25) is 4.79 Å². The molecule has 1 amide bonds. The second kappa shape index (κ2) is 6.18. The number of ether oxygens (including phenoxy) is 1. The molecule has 22 heavy (non-hydrogen) atoms. The second-order valence-electron chi connectivity index (χ2n) is 4.94. The molecular weight excluding hydrogens is 276 g/mol. The molecule has 0 spiro atoms. The zero-order chi connectivity index (χ0) is 15.4. The number of fused-ring (bicyclic) bond motifs is 1. The number of carbonyl (C=O) groups excluding carboxylic acids is 1. The molecule has 0 bridgehead atoms. The van der Waals surface area contributed by atoms with Gasteiger partial charge >= 0.3 is 0 Å². The van der Waals surface area contributed by atoms with E-state index >= 15 is 0 Å². The van der Waals surface area contributed by atoms with E-state index in [-0.39, 0.29) is 12.5 Å². The van der Waals surface area contributed by atoms with Crippen molar-refractivity contribution in [2.75, 3.05) is 17.7 Å². The van der Waals surface area contributed by atoms with E-state index in [4.69, 9.17) is 10.5 Å². The molecule has 0 aromatic heterocycles. The van der Waals surface area contributed by atoms with E-state index in [1.54, 1.807) is 24.3 Å². The topological polar surface area (TPSA) is 64.3 Å². The maximum absolute atomic E-state index is 12.0. The zero-order valence-corrected chi connectivity index (χ0v) is 12.0. The molecule has 3 rings (SSSR count). The molecule has 0 aliphatic heterocycles. The highest BCUT2D eigenvalue weighted by Gasteiger charge is 2.06. The largest absolute Gasteiger partial charge is 0.483 e. The molecule has 0 heterocycles. The lowest BCUT2D eigenvalue weighted by Gasteiger charge is -2.10.